The lowest BCUT2D eigenvalue weighted by Crippen LogP contribution is -2.47. The maximum Gasteiger partial charge on any atom is 0.401 e. The van der Waals surface area contributed by atoms with Gasteiger partial charge in [-0.25, -0.2) is 4.98 Å². The third-order valence-electron chi connectivity index (χ3n) is 3.89. The van der Waals surface area contributed by atoms with E-state index in [1.165, 1.54) is 16.2 Å². The van der Waals surface area contributed by atoms with E-state index in [-0.39, 0.29) is 35.9 Å². The highest BCUT2D eigenvalue weighted by molar-refractivity contribution is 14.0. The molecular formula is C15H24F3IN6OS. The van der Waals surface area contributed by atoms with Crippen LogP contribution < -0.4 is 16.0 Å². The lowest BCUT2D eigenvalue weighted by Gasteiger charge is -2.19. The predicted octanol–water partition coefficient (Wildman–Crippen LogP) is 1.60. The molecule has 1 aromatic heterocycles. The second-order valence-electron chi connectivity index (χ2n) is 6.00. The van der Waals surface area contributed by atoms with E-state index in [0.29, 0.717) is 49.1 Å². The number of nitrogens with one attached hydrogen (secondary N) is 3. The van der Waals surface area contributed by atoms with Gasteiger partial charge in [0.2, 0.25) is 0 Å². The fraction of sp³-hybridized carbons (Fsp3) is 0.667. The van der Waals surface area contributed by atoms with Gasteiger partial charge < -0.3 is 16.0 Å². The molecule has 0 saturated carbocycles. The summed E-state index contributed by atoms with van der Waals surface area (Å²) in [6.45, 7) is 2.45. The number of nitrogens with zero attached hydrogens (tertiary/aromatic N) is 3. The molecule has 1 saturated heterocycles. The van der Waals surface area contributed by atoms with E-state index < -0.39 is 12.7 Å². The minimum Gasteiger partial charge on any atom is -0.355 e. The summed E-state index contributed by atoms with van der Waals surface area (Å²) in [5, 5.41) is 8.95. The monoisotopic (exact) mass is 520 g/mol. The third kappa shape index (κ3) is 8.17. The van der Waals surface area contributed by atoms with Crippen LogP contribution >= 0.6 is 35.3 Å². The zero-order chi connectivity index (χ0) is 19.2. The van der Waals surface area contributed by atoms with Crippen molar-refractivity contribution >= 4 is 47.2 Å². The molecule has 2 rings (SSSR count). The SMILES string of the molecule is CN=C(NCCNC(=O)c1scnc1C)NC1CCN(CC(F)(F)F)C1.I. The molecule has 1 aliphatic rings. The van der Waals surface area contributed by atoms with Crippen molar-refractivity contribution in [2.24, 2.45) is 4.99 Å². The number of aromatic nitrogens is 1. The molecule has 0 spiro atoms. The van der Waals surface area contributed by atoms with Crippen molar-refractivity contribution in [2.45, 2.75) is 25.6 Å². The highest BCUT2D eigenvalue weighted by atomic mass is 127. The van der Waals surface area contributed by atoms with Crippen LogP contribution in [0.3, 0.4) is 0 Å². The molecule has 154 valence electrons. The summed E-state index contributed by atoms with van der Waals surface area (Å²) in [6.07, 6.45) is -3.55. The first-order valence-corrected chi connectivity index (χ1v) is 9.11. The molecule has 2 heterocycles. The van der Waals surface area contributed by atoms with Crippen LogP contribution in [0.2, 0.25) is 0 Å². The van der Waals surface area contributed by atoms with E-state index in [9.17, 15) is 18.0 Å². The van der Waals surface area contributed by atoms with Gasteiger partial charge in [0.1, 0.15) is 4.88 Å². The van der Waals surface area contributed by atoms with Gasteiger partial charge in [0.05, 0.1) is 17.7 Å². The summed E-state index contributed by atoms with van der Waals surface area (Å²) in [5.74, 6) is 0.334. The maximum atomic E-state index is 12.4. The summed E-state index contributed by atoms with van der Waals surface area (Å²) >= 11 is 1.29. The van der Waals surface area contributed by atoms with Crippen LogP contribution in [-0.4, -0.2) is 73.7 Å². The molecule has 0 aliphatic carbocycles. The Morgan fingerprint density at radius 1 is 1.41 bits per heavy atom. The van der Waals surface area contributed by atoms with Crippen LogP contribution in [0.1, 0.15) is 21.8 Å². The van der Waals surface area contributed by atoms with Crippen molar-refractivity contribution in [1.82, 2.24) is 25.8 Å². The van der Waals surface area contributed by atoms with E-state index >= 15 is 0 Å². The molecule has 27 heavy (non-hydrogen) atoms. The van der Waals surface area contributed by atoms with Gasteiger partial charge in [-0.05, 0) is 13.3 Å². The molecule has 1 amide bonds. The first-order valence-electron chi connectivity index (χ1n) is 8.23. The Morgan fingerprint density at radius 2 is 2.11 bits per heavy atom. The number of amides is 1. The Bertz CT molecular complexity index is 639. The van der Waals surface area contributed by atoms with Gasteiger partial charge >= 0.3 is 6.18 Å². The van der Waals surface area contributed by atoms with Crippen molar-refractivity contribution < 1.29 is 18.0 Å². The number of alkyl halides is 3. The van der Waals surface area contributed by atoms with E-state index in [1.807, 2.05) is 0 Å². The summed E-state index contributed by atoms with van der Waals surface area (Å²) in [7, 11) is 1.59. The number of halogens is 4. The number of guanidine groups is 1. The molecule has 0 radical (unpaired) electrons. The van der Waals surface area contributed by atoms with E-state index in [2.05, 4.69) is 25.9 Å². The van der Waals surface area contributed by atoms with Gasteiger partial charge in [0.15, 0.2) is 5.96 Å². The highest BCUT2D eigenvalue weighted by Crippen LogP contribution is 2.19. The van der Waals surface area contributed by atoms with Crippen molar-refractivity contribution in [3.05, 3.63) is 16.1 Å². The van der Waals surface area contributed by atoms with Crippen molar-refractivity contribution in [3.8, 4) is 0 Å². The maximum absolute atomic E-state index is 12.4. The standard InChI is InChI=1S/C15H23F3N6OS.HI/c1-10-12(26-9-22-10)13(25)20-4-5-21-14(19-2)23-11-3-6-24(7-11)8-15(16,17)18;/h9,11H,3-8H2,1-2H3,(H,20,25)(H2,19,21,23);1H. The molecule has 3 N–H and O–H groups in total. The molecular weight excluding hydrogens is 496 g/mol. The fourth-order valence-electron chi connectivity index (χ4n) is 2.69. The zero-order valence-corrected chi connectivity index (χ0v) is 18.2. The average molecular weight is 520 g/mol. The first kappa shape index (κ1) is 23.9. The number of rotatable bonds is 6. The minimum atomic E-state index is -4.18. The third-order valence-corrected chi connectivity index (χ3v) is 4.82. The quantitative estimate of drug-likeness (QED) is 0.230. The number of likely N-dealkylation sites (tertiary alicyclic amines) is 1. The highest BCUT2D eigenvalue weighted by Gasteiger charge is 2.34. The van der Waals surface area contributed by atoms with Gasteiger partial charge in [-0.2, -0.15) is 13.2 Å². The molecule has 1 fully saturated rings. The largest absolute Gasteiger partial charge is 0.401 e. The Hall–Kier alpha value is -1.15. The van der Waals surface area contributed by atoms with Crippen LogP contribution in [0.25, 0.3) is 0 Å². The van der Waals surface area contributed by atoms with E-state index in [0.717, 1.165) is 0 Å². The molecule has 1 atom stereocenters. The van der Waals surface area contributed by atoms with Crippen molar-refractivity contribution in [2.75, 3.05) is 39.8 Å². The molecule has 12 heteroatoms. The number of hydrogen-bond donors (Lipinski definition) is 3. The number of carbonyl (C=O) groups is 1. The number of carbonyl (C=O) groups excluding carboxylic acids is 1. The molecule has 1 aliphatic heterocycles. The van der Waals surface area contributed by atoms with Crippen LogP contribution in [0.4, 0.5) is 13.2 Å². The fourth-order valence-corrected chi connectivity index (χ4v) is 3.41. The van der Waals surface area contributed by atoms with Crippen molar-refractivity contribution in [3.63, 3.8) is 0 Å². The number of aliphatic imine (C=N–C) groups is 1. The zero-order valence-electron chi connectivity index (χ0n) is 15.1. The Labute approximate surface area is 177 Å². The van der Waals surface area contributed by atoms with E-state index in [4.69, 9.17) is 0 Å². The molecule has 1 aromatic rings. The second kappa shape index (κ2) is 11.0. The molecule has 7 nitrogen and oxygen atoms in total. The van der Waals surface area contributed by atoms with Crippen LogP contribution in [0.5, 0.6) is 0 Å². The number of aryl methyl sites for hydroxylation is 1. The smallest absolute Gasteiger partial charge is 0.355 e. The molecule has 0 aromatic carbocycles. The van der Waals surface area contributed by atoms with E-state index in [1.54, 1.807) is 19.5 Å². The van der Waals surface area contributed by atoms with Crippen LogP contribution in [-0.2, 0) is 0 Å². The lowest BCUT2D eigenvalue weighted by atomic mass is 10.3. The number of thiazole rings is 1. The number of hydrogen-bond acceptors (Lipinski definition) is 5. The first-order chi connectivity index (χ1) is 12.3. The van der Waals surface area contributed by atoms with Crippen LogP contribution in [0.15, 0.2) is 10.5 Å². The molecule has 1 unspecified atom stereocenters. The van der Waals surface area contributed by atoms with Gasteiger partial charge in [-0.1, -0.05) is 0 Å². The van der Waals surface area contributed by atoms with Gasteiger partial charge in [-0.3, -0.25) is 14.7 Å². The molecule has 0 bridgehead atoms. The Morgan fingerprint density at radius 3 is 2.70 bits per heavy atom. The van der Waals surface area contributed by atoms with Crippen LogP contribution in [0, 0.1) is 6.92 Å². The summed E-state index contributed by atoms with van der Waals surface area (Å²) in [5.41, 5.74) is 2.32. The van der Waals surface area contributed by atoms with Gasteiger partial charge in [-0.15, -0.1) is 35.3 Å². The normalized spacial score (nSPS) is 18.1. The van der Waals surface area contributed by atoms with Gasteiger partial charge in [0.25, 0.3) is 5.91 Å². The minimum absolute atomic E-state index is 0. The average Bonchev–Trinajstić information content (AvgIpc) is 3.17. The summed E-state index contributed by atoms with van der Waals surface area (Å²) < 4.78 is 37.3. The lowest BCUT2D eigenvalue weighted by molar-refractivity contribution is -0.143. The Balaban J connectivity index is 0.00000364. The summed E-state index contributed by atoms with van der Waals surface area (Å²) in [6, 6.07) is -0.0852. The second-order valence-corrected chi connectivity index (χ2v) is 6.86. The topological polar surface area (TPSA) is 81.6 Å². The Kier molecular flexibility index (Phi) is 9.73. The van der Waals surface area contributed by atoms with Crippen molar-refractivity contribution in [1.29, 1.82) is 0 Å². The van der Waals surface area contributed by atoms with Gasteiger partial charge in [0, 0.05) is 39.3 Å². The predicted molar refractivity (Wildman–Crippen MR) is 110 cm³/mol. The summed E-state index contributed by atoms with van der Waals surface area (Å²) in [4.78, 5) is 22.0.